The van der Waals surface area contributed by atoms with Gasteiger partial charge in [0.25, 0.3) is 0 Å². The van der Waals surface area contributed by atoms with Crippen LogP contribution in [0.15, 0.2) is 0 Å². The molecule has 0 radical (unpaired) electrons. The third kappa shape index (κ3) is 3.12. The molecule has 0 aromatic heterocycles. The highest BCUT2D eigenvalue weighted by molar-refractivity contribution is 5.78. The molecule has 5 heteroatoms. The third-order valence-corrected chi connectivity index (χ3v) is 6.32. The topological polar surface area (TPSA) is 43.9 Å². The average Bonchev–Trinajstić information content (AvgIpc) is 2.57. The van der Waals surface area contributed by atoms with E-state index in [1.54, 1.807) is 0 Å². The maximum absolute atomic E-state index is 12.5. The predicted molar refractivity (Wildman–Crippen MR) is 87.8 cm³/mol. The number of fused-ring (bicyclic) bond motifs is 4. The molecular formula is C18H29N3O2. The molecule has 2 unspecified atom stereocenters. The van der Waals surface area contributed by atoms with Crippen molar-refractivity contribution in [1.82, 2.24) is 14.7 Å². The van der Waals surface area contributed by atoms with Crippen LogP contribution in [0.5, 0.6) is 0 Å². The molecule has 0 aromatic rings. The Bertz CT molecular complexity index is 475. The Balaban J connectivity index is 1.37. The van der Waals surface area contributed by atoms with Gasteiger partial charge in [-0.05, 0) is 50.4 Å². The fourth-order valence-corrected chi connectivity index (χ4v) is 5.28. The maximum atomic E-state index is 12.5. The molecule has 3 atom stereocenters. The molecule has 4 aliphatic heterocycles. The van der Waals surface area contributed by atoms with Crippen LogP contribution in [0.1, 0.15) is 44.9 Å². The lowest BCUT2D eigenvalue weighted by atomic mass is 9.76. The van der Waals surface area contributed by atoms with Crippen LogP contribution in [0, 0.1) is 11.8 Å². The number of rotatable bonds is 2. The number of hydrogen-bond donors (Lipinski definition) is 0. The van der Waals surface area contributed by atoms with Crippen LogP contribution in [0.3, 0.4) is 0 Å². The first-order valence-electron chi connectivity index (χ1n) is 9.50. The monoisotopic (exact) mass is 319 g/mol. The Morgan fingerprint density at radius 1 is 1.04 bits per heavy atom. The normalized spacial score (nSPS) is 35.1. The molecule has 0 N–H and O–H groups in total. The lowest BCUT2D eigenvalue weighted by Crippen LogP contribution is -2.61. The zero-order chi connectivity index (χ0) is 15.8. The summed E-state index contributed by atoms with van der Waals surface area (Å²) in [7, 11) is 0. The van der Waals surface area contributed by atoms with Crippen molar-refractivity contribution < 1.29 is 9.59 Å². The van der Waals surface area contributed by atoms with Crippen LogP contribution in [0.4, 0.5) is 0 Å². The van der Waals surface area contributed by atoms with Crippen LogP contribution < -0.4 is 0 Å². The van der Waals surface area contributed by atoms with Gasteiger partial charge in [-0.1, -0.05) is 0 Å². The first-order chi connectivity index (χ1) is 11.2. The predicted octanol–water partition coefficient (Wildman–Crippen LogP) is 1.33. The second-order valence-electron chi connectivity index (χ2n) is 8.00. The molecule has 0 aliphatic carbocycles. The molecule has 128 valence electrons. The summed E-state index contributed by atoms with van der Waals surface area (Å²) in [5, 5.41) is 0. The first kappa shape index (κ1) is 15.4. The van der Waals surface area contributed by atoms with Crippen molar-refractivity contribution in [3.63, 3.8) is 0 Å². The van der Waals surface area contributed by atoms with Gasteiger partial charge in [-0.2, -0.15) is 0 Å². The fourth-order valence-electron chi connectivity index (χ4n) is 5.28. The van der Waals surface area contributed by atoms with Crippen molar-refractivity contribution in [1.29, 1.82) is 0 Å². The Labute approximate surface area is 139 Å². The van der Waals surface area contributed by atoms with Crippen molar-refractivity contribution in [2.45, 2.75) is 51.0 Å². The number of carbonyl (C=O) groups is 2. The smallest absolute Gasteiger partial charge is 0.236 e. The number of hydrogen-bond acceptors (Lipinski definition) is 3. The highest BCUT2D eigenvalue weighted by Crippen LogP contribution is 2.37. The fraction of sp³-hybridized carbons (Fsp3) is 0.889. The summed E-state index contributed by atoms with van der Waals surface area (Å²) in [6, 6.07) is 0.445. The molecule has 0 aromatic carbocycles. The summed E-state index contributed by atoms with van der Waals surface area (Å²) >= 11 is 0. The summed E-state index contributed by atoms with van der Waals surface area (Å²) in [5.41, 5.74) is 0. The summed E-state index contributed by atoms with van der Waals surface area (Å²) in [6.45, 7) is 5.41. The van der Waals surface area contributed by atoms with E-state index in [1.807, 2.05) is 0 Å². The number of likely N-dealkylation sites (tertiary alicyclic amines) is 2. The minimum Gasteiger partial charge on any atom is -0.342 e. The van der Waals surface area contributed by atoms with Gasteiger partial charge in [0.1, 0.15) is 0 Å². The Kier molecular flexibility index (Phi) is 4.31. The van der Waals surface area contributed by atoms with E-state index in [-0.39, 0.29) is 0 Å². The minimum absolute atomic E-state index is 0.321. The van der Waals surface area contributed by atoms with Gasteiger partial charge in [-0.25, -0.2) is 0 Å². The average molecular weight is 319 g/mol. The highest BCUT2D eigenvalue weighted by Gasteiger charge is 2.44. The van der Waals surface area contributed by atoms with Crippen molar-refractivity contribution >= 4 is 11.8 Å². The van der Waals surface area contributed by atoms with Gasteiger partial charge < -0.3 is 9.80 Å². The molecule has 2 amide bonds. The van der Waals surface area contributed by atoms with E-state index in [1.165, 1.54) is 12.8 Å². The molecule has 4 rings (SSSR count). The van der Waals surface area contributed by atoms with Crippen molar-refractivity contribution in [3.8, 4) is 0 Å². The zero-order valence-corrected chi connectivity index (χ0v) is 14.1. The molecule has 4 heterocycles. The lowest BCUT2D eigenvalue weighted by molar-refractivity contribution is -0.147. The number of nitrogens with zero attached hydrogens (tertiary/aromatic N) is 3. The van der Waals surface area contributed by atoms with Gasteiger partial charge in [0.15, 0.2) is 0 Å². The zero-order valence-electron chi connectivity index (χ0n) is 14.1. The maximum Gasteiger partial charge on any atom is 0.236 e. The quantitative estimate of drug-likeness (QED) is 0.771. The second-order valence-corrected chi connectivity index (χ2v) is 8.00. The SMILES string of the molecule is O=C(CN1CC2CC(C1)[C@H]1CCCC(=O)N1C2)N1CCCCC1. The third-order valence-electron chi connectivity index (χ3n) is 6.32. The molecule has 2 bridgehead atoms. The standard InChI is InChI=1S/C18H29N3O2/c22-17-6-4-5-16-15-9-14(11-21(16)17)10-19(12-15)13-18(23)20-7-2-1-3-8-20/h14-16H,1-13H2/t14?,15?,16-/m1/s1. The molecule has 4 saturated heterocycles. The van der Waals surface area contributed by atoms with Gasteiger partial charge in [-0.3, -0.25) is 14.5 Å². The Hall–Kier alpha value is -1.10. The van der Waals surface area contributed by atoms with Gasteiger partial charge in [0, 0.05) is 45.2 Å². The molecule has 4 aliphatic rings. The van der Waals surface area contributed by atoms with E-state index < -0.39 is 0 Å². The van der Waals surface area contributed by atoms with Gasteiger partial charge in [-0.15, -0.1) is 0 Å². The molecule has 4 fully saturated rings. The van der Waals surface area contributed by atoms with E-state index >= 15 is 0 Å². The Morgan fingerprint density at radius 2 is 1.87 bits per heavy atom. The van der Waals surface area contributed by atoms with E-state index in [2.05, 4.69) is 14.7 Å². The highest BCUT2D eigenvalue weighted by atomic mass is 16.2. The van der Waals surface area contributed by atoms with Crippen LogP contribution in [0.25, 0.3) is 0 Å². The van der Waals surface area contributed by atoms with E-state index in [9.17, 15) is 9.59 Å². The van der Waals surface area contributed by atoms with Crippen molar-refractivity contribution in [2.75, 3.05) is 39.3 Å². The summed E-state index contributed by atoms with van der Waals surface area (Å²) in [4.78, 5) is 31.3. The van der Waals surface area contributed by atoms with E-state index in [0.717, 1.165) is 64.8 Å². The molecular weight excluding hydrogens is 290 g/mol. The lowest BCUT2D eigenvalue weighted by Gasteiger charge is -2.52. The van der Waals surface area contributed by atoms with E-state index in [0.29, 0.717) is 36.2 Å². The van der Waals surface area contributed by atoms with Crippen molar-refractivity contribution in [3.05, 3.63) is 0 Å². The first-order valence-corrected chi connectivity index (χ1v) is 9.50. The molecule has 23 heavy (non-hydrogen) atoms. The van der Waals surface area contributed by atoms with Crippen molar-refractivity contribution in [2.24, 2.45) is 11.8 Å². The number of amides is 2. The summed E-state index contributed by atoms with van der Waals surface area (Å²) in [5.74, 6) is 1.84. The van der Waals surface area contributed by atoms with Gasteiger partial charge in [0.2, 0.25) is 11.8 Å². The van der Waals surface area contributed by atoms with Crippen LogP contribution in [-0.4, -0.2) is 71.8 Å². The summed E-state index contributed by atoms with van der Waals surface area (Å²) in [6.07, 6.45) is 7.80. The van der Waals surface area contributed by atoms with Crippen LogP contribution >= 0.6 is 0 Å². The van der Waals surface area contributed by atoms with Gasteiger partial charge in [0.05, 0.1) is 6.54 Å². The summed E-state index contributed by atoms with van der Waals surface area (Å²) < 4.78 is 0. The minimum atomic E-state index is 0.321. The number of piperidine rings is 4. The van der Waals surface area contributed by atoms with Crippen LogP contribution in [0.2, 0.25) is 0 Å². The number of carbonyl (C=O) groups excluding carboxylic acids is 2. The second kappa shape index (κ2) is 6.42. The molecule has 0 spiro atoms. The van der Waals surface area contributed by atoms with Crippen LogP contribution in [-0.2, 0) is 9.59 Å². The Morgan fingerprint density at radius 3 is 2.70 bits per heavy atom. The molecule has 5 nitrogen and oxygen atoms in total. The molecule has 0 saturated carbocycles. The van der Waals surface area contributed by atoms with E-state index in [4.69, 9.17) is 0 Å². The largest absolute Gasteiger partial charge is 0.342 e. The van der Waals surface area contributed by atoms with Gasteiger partial charge >= 0.3 is 0 Å².